The lowest BCUT2D eigenvalue weighted by Crippen LogP contribution is -2.36. The zero-order chi connectivity index (χ0) is 19.1. The van der Waals surface area contributed by atoms with Crippen LogP contribution in [0, 0.1) is 6.92 Å². The van der Waals surface area contributed by atoms with Crippen molar-refractivity contribution in [1.29, 1.82) is 0 Å². The highest BCUT2D eigenvalue weighted by Crippen LogP contribution is 2.18. The number of aliphatic imine (C=N–C) groups is 1. The van der Waals surface area contributed by atoms with E-state index in [0.29, 0.717) is 24.9 Å². The van der Waals surface area contributed by atoms with E-state index in [9.17, 15) is 0 Å². The lowest BCUT2D eigenvalue weighted by atomic mass is 10.1. The highest BCUT2D eigenvalue weighted by molar-refractivity contribution is 14.0. The van der Waals surface area contributed by atoms with Gasteiger partial charge in [-0.3, -0.25) is 10.1 Å². The predicted octanol–water partition coefficient (Wildman–Crippen LogP) is 3.27. The number of aryl methyl sites for hydroxylation is 1. The fourth-order valence-electron chi connectivity index (χ4n) is 2.52. The van der Waals surface area contributed by atoms with Gasteiger partial charge in [-0.05, 0) is 36.8 Å². The lowest BCUT2D eigenvalue weighted by Gasteiger charge is -2.11. The van der Waals surface area contributed by atoms with Gasteiger partial charge in [0.1, 0.15) is 11.6 Å². The maximum absolute atomic E-state index is 5.17. The molecule has 0 unspecified atom stereocenters. The van der Waals surface area contributed by atoms with Gasteiger partial charge >= 0.3 is 0 Å². The molecule has 7 nitrogen and oxygen atoms in total. The molecule has 0 atom stereocenters. The van der Waals surface area contributed by atoms with Crippen molar-refractivity contribution in [3.63, 3.8) is 0 Å². The second-order valence-corrected chi connectivity index (χ2v) is 6.10. The Morgan fingerprint density at radius 1 is 1.04 bits per heavy atom. The van der Waals surface area contributed by atoms with Crippen molar-refractivity contribution < 1.29 is 4.74 Å². The molecule has 0 aliphatic rings. The van der Waals surface area contributed by atoms with Gasteiger partial charge in [0.15, 0.2) is 11.8 Å². The van der Waals surface area contributed by atoms with Crippen LogP contribution in [0.5, 0.6) is 5.75 Å². The summed E-state index contributed by atoms with van der Waals surface area (Å²) in [5.41, 5.74) is 3.38. The molecule has 0 saturated carbocycles. The molecular formula is C20H25IN6O. The third-order valence-electron chi connectivity index (χ3n) is 4.11. The van der Waals surface area contributed by atoms with Gasteiger partial charge < -0.3 is 15.4 Å². The quantitative estimate of drug-likeness (QED) is 0.280. The van der Waals surface area contributed by atoms with E-state index in [1.165, 1.54) is 11.1 Å². The maximum atomic E-state index is 5.17. The summed E-state index contributed by atoms with van der Waals surface area (Å²) in [6.07, 6.45) is 0. The number of rotatable bonds is 6. The average molecular weight is 492 g/mol. The standard InChI is InChI=1S/C20H24N6O.HI/c1-14-4-6-15(7-5-14)12-22-20(21-2)23-13-18-24-19(26-25-18)16-8-10-17(27-3)11-9-16;/h4-11H,12-13H2,1-3H3,(H2,21,22,23)(H,24,25,26);1H. The third kappa shape index (κ3) is 5.95. The summed E-state index contributed by atoms with van der Waals surface area (Å²) in [6, 6.07) is 16.1. The molecule has 0 amide bonds. The van der Waals surface area contributed by atoms with Crippen LogP contribution in [-0.2, 0) is 13.1 Å². The van der Waals surface area contributed by atoms with E-state index < -0.39 is 0 Å². The molecule has 3 aromatic rings. The first kappa shape index (κ1) is 21.7. The van der Waals surface area contributed by atoms with Crippen LogP contribution in [0.15, 0.2) is 53.5 Å². The van der Waals surface area contributed by atoms with Gasteiger partial charge in [0.2, 0.25) is 0 Å². The second kappa shape index (κ2) is 10.6. The Labute approximate surface area is 182 Å². The van der Waals surface area contributed by atoms with Crippen LogP contribution < -0.4 is 15.4 Å². The van der Waals surface area contributed by atoms with Crippen LogP contribution in [0.1, 0.15) is 17.0 Å². The number of benzene rings is 2. The minimum Gasteiger partial charge on any atom is -0.497 e. The van der Waals surface area contributed by atoms with Gasteiger partial charge in [0, 0.05) is 19.2 Å². The number of methoxy groups -OCH3 is 1. The molecule has 148 valence electrons. The summed E-state index contributed by atoms with van der Waals surface area (Å²) in [7, 11) is 3.39. The van der Waals surface area contributed by atoms with Crippen molar-refractivity contribution in [1.82, 2.24) is 25.8 Å². The van der Waals surface area contributed by atoms with Gasteiger partial charge in [-0.1, -0.05) is 29.8 Å². The van der Waals surface area contributed by atoms with E-state index in [-0.39, 0.29) is 24.0 Å². The number of nitrogens with zero attached hydrogens (tertiary/aromatic N) is 3. The first-order chi connectivity index (χ1) is 13.2. The Hall–Kier alpha value is -2.62. The van der Waals surface area contributed by atoms with Gasteiger partial charge in [0.05, 0.1) is 13.7 Å². The summed E-state index contributed by atoms with van der Waals surface area (Å²) in [4.78, 5) is 8.76. The molecule has 0 fully saturated rings. The van der Waals surface area contributed by atoms with Gasteiger partial charge in [-0.25, -0.2) is 4.98 Å². The molecule has 0 radical (unpaired) electrons. The van der Waals surface area contributed by atoms with Crippen LogP contribution in [-0.4, -0.2) is 35.3 Å². The van der Waals surface area contributed by atoms with Gasteiger partial charge in [-0.2, -0.15) is 5.10 Å². The molecule has 28 heavy (non-hydrogen) atoms. The highest BCUT2D eigenvalue weighted by Gasteiger charge is 2.07. The number of halogens is 1. The molecule has 0 spiro atoms. The largest absolute Gasteiger partial charge is 0.497 e. The van der Waals surface area contributed by atoms with Crippen molar-refractivity contribution in [2.75, 3.05) is 14.2 Å². The van der Waals surface area contributed by atoms with E-state index in [1.807, 2.05) is 24.3 Å². The molecule has 1 heterocycles. The zero-order valence-corrected chi connectivity index (χ0v) is 18.5. The zero-order valence-electron chi connectivity index (χ0n) is 16.2. The molecule has 0 aliphatic carbocycles. The summed E-state index contributed by atoms with van der Waals surface area (Å²) in [6.45, 7) is 3.28. The third-order valence-corrected chi connectivity index (χ3v) is 4.11. The van der Waals surface area contributed by atoms with E-state index in [2.05, 4.69) is 62.0 Å². The molecule has 0 bridgehead atoms. The van der Waals surface area contributed by atoms with Crippen molar-refractivity contribution in [2.24, 2.45) is 4.99 Å². The minimum absolute atomic E-state index is 0. The predicted molar refractivity (Wildman–Crippen MR) is 122 cm³/mol. The summed E-state index contributed by atoms with van der Waals surface area (Å²) >= 11 is 0. The molecule has 2 aromatic carbocycles. The first-order valence-electron chi connectivity index (χ1n) is 8.73. The smallest absolute Gasteiger partial charge is 0.191 e. The normalized spacial score (nSPS) is 10.9. The maximum Gasteiger partial charge on any atom is 0.191 e. The van der Waals surface area contributed by atoms with E-state index in [1.54, 1.807) is 14.2 Å². The molecule has 3 rings (SSSR count). The topological polar surface area (TPSA) is 87.2 Å². The van der Waals surface area contributed by atoms with Gasteiger partial charge in [-0.15, -0.1) is 24.0 Å². The van der Waals surface area contributed by atoms with Crippen molar-refractivity contribution in [3.8, 4) is 17.1 Å². The SMILES string of the molecule is CN=C(NCc1ccc(C)cc1)NCc1nc(-c2ccc(OC)cc2)n[nH]1.I. The lowest BCUT2D eigenvalue weighted by molar-refractivity contribution is 0.415. The van der Waals surface area contributed by atoms with Crippen LogP contribution >= 0.6 is 24.0 Å². The Kier molecular flexibility index (Phi) is 8.24. The summed E-state index contributed by atoms with van der Waals surface area (Å²) < 4.78 is 5.17. The Morgan fingerprint density at radius 3 is 2.36 bits per heavy atom. The number of hydrogen-bond acceptors (Lipinski definition) is 4. The fourth-order valence-corrected chi connectivity index (χ4v) is 2.52. The Morgan fingerprint density at radius 2 is 1.71 bits per heavy atom. The minimum atomic E-state index is 0. The van der Waals surface area contributed by atoms with Crippen molar-refractivity contribution in [2.45, 2.75) is 20.0 Å². The Bertz CT molecular complexity index is 890. The molecule has 0 aliphatic heterocycles. The van der Waals surface area contributed by atoms with E-state index in [4.69, 9.17) is 4.74 Å². The highest BCUT2D eigenvalue weighted by atomic mass is 127. The molecule has 0 saturated heterocycles. The number of guanidine groups is 1. The monoisotopic (exact) mass is 492 g/mol. The second-order valence-electron chi connectivity index (χ2n) is 6.10. The number of hydrogen-bond donors (Lipinski definition) is 3. The molecule has 8 heteroatoms. The van der Waals surface area contributed by atoms with Crippen molar-refractivity contribution in [3.05, 3.63) is 65.5 Å². The number of nitrogens with one attached hydrogen (secondary N) is 3. The van der Waals surface area contributed by atoms with Crippen molar-refractivity contribution >= 4 is 29.9 Å². The number of H-pyrrole nitrogens is 1. The number of ether oxygens (including phenoxy) is 1. The Balaban J connectivity index is 0.00000280. The van der Waals surface area contributed by atoms with Crippen LogP contribution in [0.25, 0.3) is 11.4 Å². The van der Waals surface area contributed by atoms with Crippen LogP contribution in [0.3, 0.4) is 0 Å². The van der Waals surface area contributed by atoms with Gasteiger partial charge in [0.25, 0.3) is 0 Å². The number of aromatic nitrogens is 3. The fraction of sp³-hybridized carbons (Fsp3) is 0.250. The summed E-state index contributed by atoms with van der Waals surface area (Å²) in [5.74, 6) is 2.90. The number of aromatic amines is 1. The average Bonchev–Trinajstić information content (AvgIpc) is 3.18. The van der Waals surface area contributed by atoms with E-state index >= 15 is 0 Å². The molecule has 1 aromatic heterocycles. The van der Waals surface area contributed by atoms with Crippen LogP contribution in [0.4, 0.5) is 0 Å². The van der Waals surface area contributed by atoms with Crippen LogP contribution in [0.2, 0.25) is 0 Å². The van der Waals surface area contributed by atoms with E-state index in [0.717, 1.165) is 17.1 Å². The summed E-state index contributed by atoms with van der Waals surface area (Å²) in [5, 5.41) is 13.7. The first-order valence-corrected chi connectivity index (χ1v) is 8.73. The molecule has 3 N–H and O–H groups in total. The molecular weight excluding hydrogens is 467 g/mol.